The van der Waals surface area contributed by atoms with E-state index in [1.54, 1.807) is 4.90 Å². The highest BCUT2D eigenvalue weighted by Crippen LogP contribution is 2.28. The van der Waals surface area contributed by atoms with Crippen LogP contribution in [0, 0.1) is 5.92 Å². The molecule has 3 rings (SSSR count). The molecule has 28 heavy (non-hydrogen) atoms. The molecule has 142 valence electrons. The number of Topliss-reactive ketones (excluding diaryl/α,β-unsaturated/α-hetero) is 1. The predicted molar refractivity (Wildman–Crippen MR) is 114 cm³/mol. The van der Waals surface area contributed by atoms with Crippen LogP contribution in [0.5, 0.6) is 0 Å². The topological polar surface area (TPSA) is 37.4 Å². The van der Waals surface area contributed by atoms with Gasteiger partial charge in [-0.15, -0.1) is 0 Å². The van der Waals surface area contributed by atoms with E-state index >= 15 is 0 Å². The molecule has 3 nitrogen and oxygen atoms in total. The lowest BCUT2D eigenvalue weighted by Gasteiger charge is -2.26. The number of aryl methyl sites for hydroxylation is 1. The molecule has 1 atom stereocenters. The van der Waals surface area contributed by atoms with Crippen molar-refractivity contribution < 1.29 is 9.59 Å². The molecule has 0 saturated heterocycles. The molecule has 0 radical (unpaired) electrons. The highest BCUT2D eigenvalue weighted by Gasteiger charge is 2.25. The molecule has 0 N–H and O–H groups in total. The summed E-state index contributed by atoms with van der Waals surface area (Å²) in [6.07, 6.45) is 1.42. The molecular weight excluding hydrogens is 346 g/mol. The van der Waals surface area contributed by atoms with E-state index in [1.807, 2.05) is 97.9 Å². The van der Waals surface area contributed by atoms with Gasteiger partial charge in [0.2, 0.25) is 5.91 Å². The van der Waals surface area contributed by atoms with Crippen LogP contribution in [0.4, 0.5) is 11.4 Å². The second-order valence-electron chi connectivity index (χ2n) is 6.97. The van der Waals surface area contributed by atoms with Crippen LogP contribution in [0.3, 0.4) is 0 Å². The fraction of sp³-hybridized carbons (Fsp3) is 0.200. The minimum atomic E-state index is -0.385. The van der Waals surface area contributed by atoms with Crippen molar-refractivity contribution in [1.29, 1.82) is 0 Å². The summed E-state index contributed by atoms with van der Waals surface area (Å²) in [4.78, 5) is 27.4. The zero-order valence-electron chi connectivity index (χ0n) is 16.1. The summed E-state index contributed by atoms with van der Waals surface area (Å²) in [6, 6.07) is 29.1. The SMILES string of the molecule is CC(CC(=O)CCc1ccccc1)C(=O)N(c1ccccc1)c1ccccc1. The van der Waals surface area contributed by atoms with E-state index in [4.69, 9.17) is 0 Å². The van der Waals surface area contributed by atoms with E-state index in [1.165, 1.54) is 0 Å². The van der Waals surface area contributed by atoms with Gasteiger partial charge in [-0.25, -0.2) is 0 Å². The molecule has 1 unspecified atom stereocenters. The second-order valence-corrected chi connectivity index (χ2v) is 6.97. The number of carbonyl (C=O) groups is 2. The van der Waals surface area contributed by atoms with Crippen molar-refractivity contribution in [2.75, 3.05) is 4.90 Å². The van der Waals surface area contributed by atoms with E-state index < -0.39 is 0 Å². The third-order valence-electron chi connectivity index (χ3n) is 4.74. The zero-order valence-corrected chi connectivity index (χ0v) is 16.1. The van der Waals surface area contributed by atoms with Crippen molar-refractivity contribution in [3.63, 3.8) is 0 Å². The van der Waals surface area contributed by atoms with E-state index in [-0.39, 0.29) is 24.0 Å². The van der Waals surface area contributed by atoms with E-state index in [0.29, 0.717) is 12.8 Å². The van der Waals surface area contributed by atoms with Gasteiger partial charge < -0.3 is 0 Å². The largest absolute Gasteiger partial charge is 0.300 e. The lowest BCUT2D eigenvalue weighted by atomic mass is 9.98. The molecule has 0 aliphatic carbocycles. The summed E-state index contributed by atoms with van der Waals surface area (Å²) >= 11 is 0. The average molecular weight is 371 g/mol. The first-order valence-electron chi connectivity index (χ1n) is 9.65. The van der Waals surface area contributed by atoms with Crippen LogP contribution < -0.4 is 4.90 Å². The van der Waals surface area contributed by atoms with Crippen molar-refractivity contribution in [3.05, 3.63) is 96.6 Å². The van der Waals surface area contributed by atoms with Crippen molar-refractivity contribution >= 4 is 23.1 Å². The predicted octanol–water partition coefficient (Wildman–Crippen LogP) is 5.58. The van der Waals surface area contributed by atoms with Crippen LogP contribution in [-0.4, -0.2) is 11.7 Å². The number of para-hydroxylation sites is 2. The Kier molecular flexibility index (Phi) is 6.74. The maximum absolute atomic E-state index is 13.2. The van der Waals surface area contributed by atoms with Gasteiger partial charge in [0, 0.05) is 30.1 Å². The normalized spacial score (nSPS) is 11.6. The van der Waals surface area contributed by atoms with Gasteiger partial charge in [0.1, 0.15) is 5.78 Å². The minimum Gasteiger partial charge on any atom is -0.300 e. The summed E-state index contributed by atoms with van der Waals surface area (Å²) in [5.41, 5.74) is 2.76. The number of rotatable bonds is 8. The van der Waals surface area contributed by atoms with Gasteiger partial charge in [-0.05, 0) is 36.2 Å². The monoisotopic (exact) mass is 371 g/mol. The van der Waals surface area contributed by atoms with Crippen LogP contribution in [-0.2, 0) is 16.0 Å². The number of hydrogen-bond acceptors (Lipinski definition) is 2. The number of hydrogen-bond donors (Lipinski definition) is 0. The van der Waals surface area contributed by atoms with Gasteiger partial charge in [0.05, 0.1) is 0 Å². The standard InChI is InChI=1S/C25H25NO2/c1-20(19-24(27)18-17-21-11-5-2-6-12-21)25(28)26(22-13-7-3-8-14-22)23-15-9-4-10-16-23/h2-16,20H,17-19H2,1H3. The van der Waals surface area contributed by atoms with Crippen molar-refractivity contribution in [1.82, 2.24) is 0 Å². The lowest BCUT2D eigenvalue weighted by molar-refractivity contribution is -0.126. The van der Waals surface area contributed by atoms with Crippen molar-refractivity contribution in [2.45, 2.75) is 26.2 Å². The van der Waals surface area contributed by atoms with Crippen LogP contribution >= 0.6 is 0 Å². The van der Waals surface area contributed by atoms with E-state index in [9.17, 15) is 9.59 Å². The molecule has 0 aliphatic rings. The summed E-state index contributed by atoms with van der Waals surface area (Å²) in [6.45, 7) is 1.83. The Morgan fingerprint density at radius 3 is 1.71 bits per heavy atom. The fourth-order valence-corrected chi connectivity index (χ4v) is 3.24. The van der Waals surface area contributed by atoms with Gasteiger partial charge in [-0.2, -0.15) is 0 Å². The molecule has 3 heteroatoms. The van der Waals surface area contributed by atoms with Crippen LogP contribution in [0.15, 0.2) is 91.0 Å². The van der Waals surface area contributed by atoms with Gasteiger partial charge in [0.25, 0.3) is 0 Å². The van der Waals surface area contributed by atoms with Gasteiger partial charge in [-0.1, -0.05) is 73.7 Å². The van der Waals surface area contributed by atoms with Crippen LogP contribution in [0.1, 0.15) is 25.3 Å². The van der Waals surface area contributed by atoms with Crippen LogP contribution in [0.25, 0.3) is 0 Å². The Hall–Kier alpha value is -3.20. The average Bonchev–Trinajstić information content (AvgIpc) is 2.74. The molecule has 1 amide bonds. The molecule has 0 bridgehead atoms. The second kappa shape index (κ2) is 9.65. The lowest BCUT2D eigenvalue weighted by Crippen LogP contribution is -2.32. The van der Waals surface area contributed by atoms with Gasteiger partial charge >= 0.3 is 0 Å². The zero-order chi connectivity index (χ0) is 19.8. The Labute approximate surface area is 166 Å². The highest BCUT2D eigenvalue weighted by atomic mass is 16.2. The third kappa shape index (κ3) is 5.17. The quantitative estimate of drug-likeness (QED) is 0.518. The Morgan fingerprint density at radius 1 is 0.750 bits per heavy atom. The number of benzene rings is 3. The number of nitrogens with zero attached hydrogens (tertiary/aromatic N) is 1. The summed E-state index contributed by atoms with van der Waals surface area (Å²) in [7, 11) is 0. The molecule has 0 spiro atoms. The number of ketones is 1. The third-order valence-corrected chi connectivity index (χ3v) is 4.74. The maximum Gasteiger partial charge on any atom is 0.234 e. The minimum absolute atomic E-state index is 0.0644. The summed E-state index contributed by atoms with van der Waals surface area (Å²) in [5.74, 6) is -0.333. The van der Waals surface area contributed by atoms with E-state index in [0.717, 1.165) is 16.9 Å². The first-order chi connectivity index (χ1) is 13.6. The molecule has 0 saturated carbocycles. The summed E-state index contributed by atoms with van der Waals surface area (Å²) < 4.78 is 0. The molecule has 0 aliphatic heterocycles. The molecule has 0 heterocycles. The molecular formula is C25H25NO2. The number of carbonyl (C=O) groups excluding carboxylic acids is 2. The molecule has 3 aromatic carbocycles. The number of amides is 1. The highest BCUT2D eigenvalue weighted by molar-refractivity contribution is 6.03. The Balaban J connectivity index is 1.69. The maximum atomic E-state index is 13.2. The van der Waals surface area contributed by atoms with Gasteiger partial charge in [0.15, 0.2) is 0 Å². The van der Waals surface area contributed by atoms with Crippen molar-refractivity contribution in [2.24, 2.45) is 5.92 Å². The fourth-order valence-electron chi connectivity index (χ4n) is 3.24. The first kappa shape index (κ1) is 19.6. The summed E-state index contributed by atoms with van der Waals surface area (Å²) in [5, 5.41) is 0. The van der Waals surface area contributed by atoms with Crippen LogP contribution in [0.2, 0.25) is 0 Å². The van der Waals surface area contributed by atoms with E-state index in [2.05, 4.69) is 0 Å². The van der Waals surface area contributed by atoms with Gasteiger partial charge in [-0.3, -0.25) is 14.5 Å². The van der Waals surface area contributed by atoms with Crippen molar-refractivity contribution in [3.8, 4) is 0 Å². The number of anilines is 2. The molecule has 0 fully saturated rings. The molecule has 3 aromatic rings. The Bertz CT molecular complexity index is 852. The Morgan fingerprint density at radius 2 is 1.21 bits per heavy atom. The molecule has 0 aromatic heterocycles. The first-order valence-corrected chi connectivity index (χ1v) is 9.65. The smallest absolute Gasteiger partial charge is 0.234 e.